The first-order valence-electron chi connectivity index (χ1n) is 6.22. The lowest BCUT2D eigenvalue weighted by Crippen LogP contribution is -2.19. The van der Waals surface area contributed by atoms with E-state index in [1.165, 1.54) is 22.8 Å². The molecule has 2 aromatic carbocycles. The fourth-order valence-corrected chi connectivity index (χ4v) is 3.15. The molecular formula is C16H17FIN. The Morgan fingerprint density at radius 1 is 1.05 bits per heavy atom. The summed E-state index contributed by atoms with van der Waals surface area (Å²) in [5.41, 5.74) is 4.85. The molecule has 0 amide bonds. The van der Waals surface area contributed by atoms with Crippen molar-refractivity contribution in [3.05, 3.63) is 68.0 Å². The molecule has 2 rings (SSSR count). The molecule has 0 spiro atoms. The lowest BCUT2D eigenvalue weighted by atomic mass is 9.94. The van der Waals surface area contributed by atoms with E-state index >= 15 is 0 Å². The van der Waals surface area contributed by atoms with Crippen LogP contribution in [0.3, 0.4) is 0 Å². The molecule has 0 aliphatic heterocycles. The van der Waals surface area contributed by atoms with E-state index in [2.05, 4.69) is 60.0 Å². The highest BCUT2D eigenvalue weighted by atomic mass is 127. The van der Waals surface area contributed by atoms with Gasteiger partial charge in [-0.25, -0.2) is 4.39 Å². The van der Waals surface area contributed by atoms with Crippen LogP contribution in [0.15, 0.2) is 36.4 Å². The van der Waals surface area contributed by atoms with Crippen molar-refractivity contribution in [1.29, 1.82) is 0 Å². The number of rotatable bonds is 3. The van der Waals surface area contributed by atoms with Crippen molar-refractivity contribution in [2.24, 2.45) is 0 Å². The van der Waals surface area contributed by atoms with Gasteiger partial charge in [0.05, 0.1) is 6.04 Å². The molecule has 2 aromatic rings. The second kappa shape index (κ2) is 6.01. The Labute approximate surface area is 127 Å². The first kappa shape index (κ1) is 14.5. The Kier molecular flexibility index (Phi) is 4.58. The summed E-state index contributed by atoms with van der Waals surface area (Å²) in [5, 5.41) is 3.33. The molecule has 3 heteroatoms. The highest BCUT2D eigenvalue weighted by Gasteiger charge is 2.17. The maximum atomic E-state index is 13.2. The predicted molar refractivity (Wildman–Crippen MR) is 85.9 cm³/mol. The third-order valence-electron chi connectivity index (χ3n) is 3.30. The third-order valence-corrected chi connectivity index (χ3v) is 4.23. The lowest BCUT2D eigenvalue weighted by Gasteiger charge is -2.21. The first-order chi connectivity index (χ1) is 9.02. The van der Waals surface area contributed by atoms with E-state index in [0.29, 0.717) is 0 Å². The zero-order valence-electron chi connectivity index (χ0n) is 11.3. The average Bonchev–Trinajstić information content (AvgIpc) is 2.34. The maximum absolute atomic E-state index is 13.2. The number of halogens is 2. The molecule has 19 heavy (non-hydrogen) atoms. The van der Waals surface area contributed by atoms with E-state index in [0.717, 1.165) is 9.13 Å². The highest BCUT2D eigenvalue weighted by molar-refractivity contribution is 14.1. The van der Waals surface area contributed by atoms with Crippen LogP contribution in [-0.2, 0) is 0 Å². The maximum Gasteiger partial charge on any atom is 0.124 e. The Morgan fingerprint density at radius 2 is 1.74 bits per heavy atom. The molecule has 1 nitrogen and oxygen atoms in total. The Morgan fingerprint density at radius 3 is 2.32 bits per heavy atom. The van der Waals surface area contributed by atoms with Gasteiger partial charge < -0.3 is 5.32 Å². The van der Waals surface area contributed by atoms with Crippen molar-refractivity contribution in [2.75, 3.05) is 7.05 Å². The molecule has 0 radical (unpaired) electrons. The Hall–Kier alpha value is -0.940. The second-order valence-corrected chi connectivity index (χ2v) is 5.91. The fourth-order valence-electron chi connectivity index (χ4n) is 2.36. The van der Waals surface area contributed by atoms with Crippen LogP contribution in [0.5, 0.6) is 0 Å². The van der Waals surface area contributed by atoms with Gasteiger partial charge in [-0.3, -0.25) is 0 Å². The standard InChI is InChI=1S/C16H17FIN/c1-10-4-6-13(11(2)8-10)16(19-3)14-7-5-12(17)9-15(14)18/h4-9,16,19H,1-3H3. The molecule has 1 N–H and O–H groups in total. The first-order valence-corrected chi connectivity index (χ1v) is 7.30. The van der Waals surface area contributed by atoms with Crippen LogP contribution in [0.2, 0.25) is 0 Å². The quantitative estimate of drug-likeness (QED) is 0.793. The largest absolute Gasteiger partial charge is 0.309 e. The molecule has 0 saturated carbocycles. The molecule has 0 aromatic heterocycles. The van der Waals surface area contributed by atoms with Gasteiger partial charge in [0.1, 0.15) is 5.82 Å². The normalized spacial score (nSPS) is 12.5. The van der Waals surface area contributed by atoms with E-state index in [1.54, 1.807) is 6.07 Å². The second-order valence-electron chi connectivity index (χ2n) is 4.75. The SMILES string of the molecule is CNC(c1ccc(C)cc1C)c1ccc(F)cc1I. The van der Waals surface area contributed by atoms with Crippen molar-refractivity contribution < 1.29 is 4.39 Å². The molecule has 0 bridgehead atoms. The molecule has 0 saturated heterocycles. The number of benzene rings is 2. The van der Waals surface area contributed by atoms with Crippen LogP contribution < -0.4 is 5.32 Å². The topological polar surface area (TPSA) is 12.0 Å². The molecule has 1 atom stereocenters. The predicted octanol–water partition coefficient (Wildman–Crippen LogP) is 4.36. The van der Waals surface area contributed by atoms with Crippen LogP contribution in [0.4, 0.5) is 4.39 Å². The summed E-state index contributed by atoms with van der Waals surface area (Å²) in [6.45, 7) is 4.20. The summed E-state index contributed by atoms with van der Waals surface area (Å²) in [5.74, 6) is -0.191. The molecule has 0 heterocycles. The smallest absolute Gasteiger partial charge is 0.124 e. The fraction of sp³-hybridized carbons (Fsp3) is 0.250. The van der Waals surface area contributed by atoms with E-state index in [9.17, 15) is 4.39 Å². The van der Waals surface area contributed by atoms with E-state index in [4.69, 9.17) is 0 Å². The monoisotopic (exact) mass is 369 g/mol. The number of aryl methyl sites for hydroxylation is 2. The van der Waals surface area contributed by atoms with Crippen molar-refractivity contribution in [3.8, 4) is 0 Å². The molecule has 0 aliphatic carbocycles. The van der Waals surface area contributed by atoms with Crippen LogP contribution in [0, 0.1) is 23.2 Å². The van der Waals surface area contributed by atoms with Crippen molar-refractivity contribution >= 4 is 22.6 Å². The average molecular weight is 369 g/mol. The van der Waals surface area contributed by atoms with Gasteiger partial charge in [-0.05, 0) is 72.3 Å². The van der Waals surface area contributed by atoms with Crippen LogP contribution in [0.1, 0.15) is 28.3 Å². The van der Waals surface area contributed by atoms with Gasteiger partial charge >= 0.3 is 0 Å². The molecule has 100 valence electrons. The van der Waals surface area contributed by atoms with Crippen LogP contribution >= 0.6 is 22.6 Å². The summed E-state index contributed by atoms with van der Waals surface area (Å²) in [4.78, 5) is 0. The van der Waals surface area contributed by atoms with Gasteiger partial charge in [0.25, 0.3) is 0 Å². The molecule has 0 aliphatic rings. The third kappa shape index (κ3) is 3.15. The Bertz CT molecular complexity index is 544. The van der Waals surface area contributed by atoms with Gasteiger partial charge in [-0.15, -0.1) is 0 Å². The van der Waals surface area contributed by atoms with Crippen molar-refractivity contribution in [3.63, 3.8) is 0 Å². The zero-order chi connectivity index (χ0) is 14.0. The van der Waals surface area contributed by atoms with Gasteiger partial charge in [0, 0.05) is 3.57 Å². The van der Waals surface area contributed by atoms with Gasteiger partial charge in [0.15, 0.2) is 0 Å². The summed E-state index contributed by atoms with van der Waals surface area (Å²) >= 11 is 2.19. The summed E-state index contributed by atoms with van der Waals surface area (Å²) in [6.07, 6.45) is 0. The van der Waals surface area contributed by atoms with Gasteiger partial charge in [-0.1, -0.05) is 29.8 Å². The minimum Gasteiger partial charge on any atom is -0.309 e. The van der Waals surface area contributed by atoms with Gasteiger partial charge in [0.2, 0.25) is 0 Å². The molecule has 1 unspecified atom stereocenters. The van der Waals surface area contributed by atoms with E-state index in [-0.39, 0.29) is 11.9 Å². The zero-order valence-corrected chi connectivity index (χ0v) is 13.5. The highest BCUT2D eigenvalue weighted by Crippen LogP contribution is 2.29. The molecule has 0 fully saturated rings. The minimum atomic E-state index is -0.191. The number of hydrogen-bond acceptors (Lipinski definition) is 1. The minimum absolute atomic E-state index is 0.0908. The Balaban J connectivity index is 2.50. The van der Waals surface area contributed by atoms with Crippen LogP contribution in [-0.4, -0.2) is 7.05 Å². The van der Waals surface area contributed by atoms with Gasteiger partial charge in [-0.2, -0.15) is 0 Å². The summed E-state index contributed by atoms with van der Waals surface area (Å²) in [6, 6.07) is 11.5. The van der Waals surface area contributed by atoms with Crippen molar-refractivity contribution in [2.45, 2.75) is 19.9 Å². The van der Waals surface area contributed by atoms with E-state index < -0.39 is 0 Å². The number of nitrogens with one attached hydrogen (secondary N) is 1. The number of hydrogen-bond donors (Lipinski definition) is 1. The summed E-state index contributed by atoms with van der Waals surface area (Å²) in [7, 11) is 1.93. The lowest BCUT2D eigenvalue weighted by molar-refractivity contribution is 0.621. The molecular weight excluding hydrogens is 352 g/mol. The van der Waals surface area contributed by atoms with Crippen LogP contribution in [0.25, 0.3) is 0 Å². The summed E-state index contributed by atoms with van der Waals surface area (Å²) < 4.78 is 14.2. The van der Waals surface area contributed by atoms with E-state index in [1.807, 2.05) is 13.1 Å². The van der Waals surface area contributed by atoms with Crippen molar-refractivity contribution in [1.82, 2.24) is 5.32 Å².